The highest BCUT2D eigenvalue weighted by atomic mass is 16.3. The first kappa shape index (κ1) is 15.1. The van der Waals surface area contributed by atoms with E-state index in [0.29, 0.717) is 6.42 Å². The van der Waals surface area contributed by atoms with Crippen LogP contribution in [0.3, 0.4) is 0 Å². The number of hydrogen-bond donors (Lipinski definition) is 3. The summed E-state index contributed by atoms with van der Waals surface area (Å²) in [7, 11) is 1.97. The van der Waals surface area contributed by atoms with Crippen LogP contribution in [0.25, 0.3) is 10.9 Å². The lowest BCUT2D eigenvalue weighted by Gasteiger charge is -2.08. The van der Waals surface area contributed by atoms with Crippen molar-refractivity contribution in [2.45, 2.75) is 26.3 Å². The van der Waals surface area contributed by atoms with E-state index in [1.165, 1.54) is 0 Å². The first-order chi connectivity index (χ1) is 8.99. The maximum atomic E-state index is 9.26. The smallest absolute Gasteiger partial charge is 0.102 e. The van der Waals surface area contributed by atoms with E-state index in [9.17, 15) is 5.11 Å². The molecule has 0 aliphatic carbocycles. The van der Waals surface area contributed by atoms with Crippen molar-refractivity contribution in [1.82, 2.24) is 4.57 Å². The van der Waals surface area contributed by atoms with Gasteiger partial charge in [0.15, 0.2) is 0 Å². The molecule has 0 aliphatic rings. The number of aromatic nitrogens is 1. The van der Waals surface area contributed by atoms with Gasteiger partial charge in [-0.2, -0.15) is 0 Å². The zero-order chi connectivity index (χ0) is 14.6. The van der Waals surface area contributed by atoms with E-state index in [4.69, 9.17) is 11.5 Å². The first-order valence-electron chi connectivity index (χ1n) is 6.46. The van der Waals surface area contributed by atoms with Crippen LogP contribution in [0.4, 0.5) is 5.69 Å². The Hall–Kier alpha value is -1.94. The normalized spacial score (nSPS) is 11.8. The van der Waals surface area contributed by atoms with Crippen LogP contribution in [0.15, 0.2) is 36.7 Å². The molecule has 2 aromatic rings. The van der Waals surface area contributed by atoms with Crippen molar-refractivity contribution < 1.29 is 5.11 Å². The molecule has 0 bridgehead atoms. The number of nitrogens with zero attached hydrogens (tertiary/aromatic N) is 1. The lowest BCUT2D eigenvalue weighted by molar-refractivity contribution is 0.369. The highest BCUT2D eigenvalue weighted by Crippen LogP contribution is 2.24. The SMILES string of the molecule is C=C(O)C(N)Cc1cn(C)c2ccc(N)cc12.CC. The van der Waals surface area contributed by atoms with Gasteiger partial charge in [-0.25, -0.2) is 0 Å². The predicted molar refractivity (Wildman–Crippen MR) is 82.1 cm³/mol. The molecule has 0 spiro atoms. The Labute approximate surface area is 114 Å². The molecule has 1 unspecified atom stereocenters. The molecule has 1 heterocycles. The fourth-order valence-electron chi connectivity index (χ4n) is 2.01. The molecule has 0 radical (unpaired) electrons. The maximum absolute atomic E-state index is 9.26. The Bertz CT molecular complexity index is 572. The fourth-order valence-corrected chi connectivity index (χ4v) is 2.01. The summed E-state index contributed by atoms with van der Waals surface area (Å²) < 4.78 is 2.02. The van der Waals surface area contributed by atoms with Crippen LogP contribution in [-0.4, -0.2) is 15.7 Å². The van der Waals surface area contributed by atoms with Crippen molar-refractivity contribution in [2.75, 3.05) is 5.73 Å². The molecule has 0 aliphatic heterocycles. The number of aliphatic hydroxyl groups excluding tert-OH is 1. The third-order valence-corrected chi connectivity index (χ3v) is 2.96. The van der Waals surface area contributed by atoms with E-state index in [2.05, 4.69) is 6.58 Å². The van der Waals surface area contributed by atoms with E-state index in [1.807, 2.05) is 49.9 Å². The Morgan fingerprint density at radius 3 is 2.63 bits per heavy atom. The average Bonchev–Trinajstić information content (AvgIpc) is 2.68. The lowest BCUT2D eigenvalue weighted by Crippen LogP contribution is -2.24. The molecule has 0 saturated heterocycles. The molecule has 2 rings (SSSR count). The van der Waals surface area contributed by atoms with Crippen LogP contribution >= 0.6 is 0 Å². The van der Waals surface area contributed by atoms with Crippen LogP contribution in [0.1, 0.15) is 19.4 Å². The minimum Gasteiger partial charge on any atom is -0.511 e. The number of rotatable bonds is 3. The number of fused-ring (bicyclic) bond motifs is 1. The topological polar surface area (TPSA) is 77.2 Å². The summed E-state index contributed by atoms with van der Waals surface area (Å²) in [5.74, 6) is 0.00547. The van der Waals surface area contributed by atoms with Gasteiger partial charge in [-0.05, 0) is 30.2 Å². The minimum absolute atomic E-state index is 0.00547. The second-order valence-electron chi connectivity index (χ2n) is 4.34. The number of aliphatic hydroxyl groups is 1. The summed E-state index contributed by atoms with van der Waals surface area (Å²) in [6.07, 6.45) is 2.56. The van der Waals surface area contributed by atoms with Crippen LogP contribution < -0.4 is 11.5 Å². The molecule has 4 heteroatoms. The zero-order valence-corrected chi connectivity index (χ0v) is 11.9. The second-order valence-corrected chi connectivity index (χ2v) is 4.34. The second kappa shape index (κ2) is 6.29. The van der Waals surface area contributed by atoms with E-state index >= 15 is 0 Å². The predicted octanol–water partition coefficient (Wildman–Crippen LogP) is 2.73. The monoisotopic (exact) mass is 261 g/mol. The Kier molecular flexibility index (Phi) is 5.01. The van der Waals surface area contributed by atoms with Gasteiger partial charge in [-0.15, -0.1) is 0 Å². The standard InChI is InChI=1S/C13H17N3O.C2H6/c1-8(17)12(15)5-9-7-16(2)13-4-3-10(14)6-11(9)13;1-2/h3-4,6-7,12,17H,1,5,14-15H2,2H3;1-2H3. The molecule has 4 nitrogen and oxygen atoms in total. The Morgan fingerprint density at radius 2 is 2.05 bits per heavy atom. The molecule has 0 saturated carbocycles. The first-order valence-corrected chi connectivity index (χ1v) is 6.46. The van der Waals surface area contributed by atoms with Gasteiger partial charge in [0, 0.05) is 29.8 Å². The summed E-state index contributed by atoms with van der Waals surface area (Å²) >= 11 is 0. The van der Waals surface area contributed by atoms with Crippen molar-refractivity contribution >= 4 is 16.6 Å². The van der Waals surface area contributed by atoms with Gasteiger partial charge < -0.3 is 21.1 Å². The molecular weight excluding hydrogens is 238 g/mol. The number of nitrogens with two attached hydrogens (primary N) is 2. The largest absolute Gasteiger partial charge is 0.511 e. The number of anilines is 1. The van der Waals surface area contributed by atoms with Gasteiger partial charge in [0.1, 0.15) is 5.76 Å². The summed E-state index contributed by atoms with van der Waals surface area (Å²) in [6, 6.07) is 5.34. The van der Waals surface area contributed by atoms with Crippen molar-refractivity contribution in [1.29, 1.82) is 0 Å². The van der Waals surface area contributed by atoms with Gasteiger partial charge in [0.25, 0.3) is 0 Å². The fraction of sp³-hybridized carbons (Fsp3) is 0.333. The Balaban J connectivity index is 0.000000861. The van der Waals surface area contributed by atoms with Crippen molar-refractivity contribution in [3.05, 3.63) is 42.3 Å². The molecule has 1 atom stereocenters. The van der Waals surface area contributed by atoms with Gasteiger partial charge in [0.2, 0.25) is 0 Å². The Morgan fingerprint density at radius 1 is 1.42 bits per heavy atom. The minimum atomic E-state index is -0.443. The van der Waals surface area contributed by atoms with Crippen LogP contribution in [-0.2, 0) is 13.5 Å². The lowest BCUT2D eigenvalue weighted by atomic mass is 10.0. The quantitative estimate of drug-likeness (QED) is 0.587. The van der Waals surface area contributed by atoms with Crippen molar-refractivity contribution in [2.24, 2.45) is 12.8 Å². The van der Waals surface area contributed by atoms with Gasteiger partial charge >= 0.3 is 0 Å². The molecule has 5 N–H and O–H groups in total. The van der Waals surface area contributed by atoms with Crippen LogP contribution in [0, 0.1) is 0 Å². The van der Waals surface area contributed by atoms with E-state index < -0.39 is 6.04 Å². The molecule has 1 aromatic carbocycles. The summed E-state index contributed by atoms with van der Waals surface area (Å²) in [5, 5.41) is 10.3. The number of benzene rings is 1. The van der Waals surface area contributed by atoms with Crippen LogP contribution in [0.5, 0.6) is 0 Å². The molecule has 0 fully saturated rings. The highest BCUT2D eigenvalue weighted by Gasteiger charge is 2.12. The van der Waals surface area contributed by atoms with Crippen molar-refractivity contribution in [3.63, 3.8) is 0 Å². The summed E-state index contributed by atoms with van der Waals surface area (Å²) in [5.41, 5.74) is 14.5. The third-order valence-electron chi connectivity index (χ3n) is 2.96. The van der Waals surface area contributed by atoms with Crippen LogP contribution in [0.2, 0.25) is 0 Å². The van der Waals surface area contributed by atoms with E-state index in [-0.39, 0.29) is 5.76 Å². The third kappa shape index (κ3) is 3.29. The van der Waals surface area contributed by atoms with Crippen molar-refractivity contribution in [3.8, 4) is 0 Å². The number of hydrogen-bond acceptors (Lipinski definition) is 3. The number of nitrogen functional groups attached to an aromatic ring is 1. The molecule has 1 aromatic heterocycles. The zero-order valence-electron chi connectivity index (χ0n) is 11.9. The maximum Gasteiger partial charge on any atom is 0.102 e. The summed E-state index contributed by atoms with van der Waals surface area (Å²) in [6.45, 7) is 7.45. The van der Waals surface area contributed by atoms with E-state index in [1.54, 1.807) is 0 Å². The van der Waals surface area contributed by atoms with E-state index in [0.717, 1.165) is 22.2 Å². The van der Waals surface area contributed by atoms with Gasteiger partial charge in [-0.1, -0.05) is 20.4 Å². The average molecular weight is 261 g/mol. The summed E-state index contributed by atoms with van der Waals surface area (Å²) in [4.78, 5) is 0. The highest BCUT2D eigenvalue weighted by molar-refractivity contribution is 5.86. The molecule has 19 heavy (non-hydrogen) atoms. The van der Waals surface area contributed by atoms with Gasteiger partial charge in [0.05, 0.1) is 6.04 Å². The van der Waals surface area contributed by atoms with Gasteiger partial charge in [-0.3, -0.25) is 0 Å². The number of aryl methyl sites for hydroxylation is 1. The molecular formula is C15H23N3O. The molecule has 104 valence electrons. The molecule has 0 amide bonds.